The molecule has 3 aliphatic rings. The number of fused-ring (bicyclic) bond motifs is 2. The van der Waals surface area contributed by atoms with Gasteiger partial charge in [-0.25, -0.2) is 0 Å². The number of benzene rings is 2. The zero-order chi connectivity index (χ0) is 26.9. The normalized spacial score (nSPS) is 20.1. The van der Waals surface area contributed by atoms with Crippen LogP contribution in [0.4, 0.5) is 11.4 Å². The fourth-order valence-corrected chi connectivity index (χ4v) is 4.25. The molecule has 0 spiro atoms. The topological polar surface area (TPSA) is 132 Å². The Morgan fingerprint density at radius 3 is 2.38 bits per heavy atom. The summed E-state index contributed by atoms with van der Waals surface area (Å²) in [6, 6.07) is 6.04. The maximum Gasteiger partial charge on any atom is 0.282 e. The van der Waals surface area contributed by atoms with Gasteiger partial charge in [-0.05, 0) is 68.1 Å². The fourth-order valence-electron chi connectivity index (χ4n) is 4.25. The number of nitro benzene ring substituents is 1. The monoisotopic (exact) mass is 508 g/mol. The van der Waals surface area contributed by atoms with Crippen molar-refractivity contribution in [3.8, 4) is 0 Å². The fraction of sp³-hybridized carbons (Fsp3) is 0.385. The van der Waals surface area contributed by atoms with E-state index in [1.807, 2.05) is 32.2 Å². The number of carbonyl (C=O) groups is 3. The van der Waals surface area contributed by atoms with Crippen molar-refractivity contribution in [3.05, 3.63) is 67.8 Å². The molecule has 11 nitrogen and oxygen atoms in total. The number of aryl methyl sites for hydroxylation is 4. The average molecular weight is 509 g/mol. The van der Waals surface area contributed by atoms with Gasteiger partial charge in [-0.15, -0.1) is 0 Å². The van der Waals surface area contributed by atoms with Crippen LogP contribution in [0, 0.1) is 37.8 Å². The first-order valence-electron chi connectivity index (χ1n) is 11.8. The molecule has 2 aromatic rings. The second-order valence-corrected chi connectivity index (χ2v) is 9.26. The molecule has 0 saturated carbocycles. The largest absolute Gasteiger partial charge is 0.358 e. The number of amides is 2. The van der Waals surface area contributed by atoms with Crippen LogP contribution in [-0.2, 0) is 14.3 Å². The summed E-state index contributed by atoms with van der Waals surface area (Å²) in [6.07, 6.45) is 2.42. The molecule has 2 atom stereocenters. The Hall–Kier alpha value is -3.96. The van der Waals surface area contributed by atoms with Gasteiger partial charge >= 0.3 is 0 Å². The van der Waals surface area contributed by atoms with Gasteiger partial charge in [0.05, 0.1) is 35.4 Å². The van der Waals surface area contributed by atoms with Crippen molar-refractivity contribution in [1.29, 1.82) is 0 Å². The van der Waals surface area contributed by atoms with Crippen LogP contribution in [0.5, 0.6) is 0 Å². The van der Waals surface area contributed by atoms with Crippen molar-refractivity contribution < 1.29 is 28.8 Å². The average Bonchev–Trinajstić information content (AvgIpc) is 3.52. The highest BCUT2D eigenvalue weighted by Crippen LogP contribution is 2.29. The molecule has 0 bridgehead atoms. The molecule has 0 radical (unpaired) electrons. The minimum absolute atomic E-state index is 0.0168. The molecule has 0 aliphatic carbocycles. The lowest BCUT2D eigenvalue weighted by atomic mass is 10.0. The van der Waals surface area contributed by atoms with Gasteiger partial charge in [-0.2, -0.15) is 0 Å². The molecule has 0 N–H and O–H groups in total. The molecule has 11 heteroatoms. The van der Waals surface area contributed by atoms with Crippen molar-refractivity contribution in [3.63, 3.8) is 0 Å². The van der Waals surface area contributed by atoms with Gasteiger partial charge < -0.3 is 24.1 Å². The van der Waals surface area contributed by atoms with E-state index in [4.69, 9.17) is 9.47 Å². The van der Waals surface area contributed by atoms with E-state index in [-0.39, 0.29) is 36.5 Å². The molecule has 0 aromatic heterocycles. The Morgan fingerprint density at radius 1 is 1.03 bits per heavy atom. The molecular weight excluding hydrogens is 480 g/mol. The Kier molecular flexibility index (Phi) is 7.46. The van der Waals surface area contributed by atoms with Crippen LogP contribution < -0.4 is 0 Å². The summed E-state index contributed by atoms with van der Waals surface area (Å²) in [7, 11) is 0. The number of hydrogen-bond donors (Lipinski definition) is 0. The van der Waals surface area contributed by atoms with Crippen LogP contribution in [-0.4, -0.2) is 77.8 Å². The van der Waals surface area contributed by atoms with E-state index in [2.05, 4.69) is 4.99 Å². The minimum atomic E-state index is -0.691. The molecular formula is C26H28N4O7. The van der Waals surface area contributed by atoms with E-state index >= 15 is 0 Å². The maximum atomic E-state index is 12.4. The zero-order valence-corrected chi connectivity index (χ0v) is 21.1. The van der Waals surface area contributed by atoms with Crippen LogP contribution >= 0.6 is 0 Å². The Labute approximate surface area is 213 Å². The van der Waals surface area contributed by atoms with E-state index in [0.29, 0.717) is 25.2 Å². The van der Waals surface area contributed by atoms with E-state index in [0.717, 1.165) is 27.9 Å². The summed E-state index contributed by atoms with van der Waals surface area (Å²) in [4.78, 5) is 53.5. The van der Waals surface area contributed by atoms with Gasteiger partial charge in [-0.1, -0.05) is 0 Å². The first-order valence-corrected chi connectivity index (χ1v) is 11.8. The minimum Gasteiger partial charge on any atom is -0.358 e. The van der Waals surface area contributed by atoms with Crippen molar-refractivity contribution in [2.45, 2.75) is 39.8 Å². The molecule has 2 aromatic carbocycles. The molecule has 0 unspecified atom stereocenters. The molecule has 5 rings (SSSR count). The third-order valence-electron chi connectivity index (χ3n) is 6.78. The number of nitro groups is 1. The third kappa shape index (κ3) is 5.13. The number of aldehydes is 1. The van der Waals surface area contributed by atoms with E-state index < -0.39 is 16.9 Å². The standard InChI is InChI=1S/C13H14N2O5.C13H14N2O2/c1-8-3-11(12(15(18)19)4-9(8)2)13(17)14-7-20-6-10(14)5-16;1-8-3-11-12(4-9(8)2)14-5-10-6-17-7-15(10)13(11)16/h3-5,10H,6-7H2,1-2H3;3-5,10H,6-7H2,1-2H3/t2*10-/m11/s1. The van der Waals surface area contributed by atoms with Crippen LogP contribution in [0.3, 0.4) is 0 Å². The Morgan fingerprint density at radius 2 is 1.68 bits per heavy atom. The van der Waals surface area contributed by atoms with Crippen LogP contribution in [0.15, 0.2) is 29.3 Å². The molecule has 2 amide bonds. The lowest BCUT2D eigenvalue weighted by molar-refractivity contribution is -0.385. The second-order valence-electron chi connectivity index (χ2n) is 9.26. The molecule has 2 saturated heterocycles. The van der Waals surface area contributed by atoms with Crippen molar-refractivity contribution in [1.82, 2.24) is 9.80 Å². The molecule has 3 heterocycles. The van der Waals surface area contributed by atoms with Crippen LogP contribution in [0.25, 0.3) is 0 Å². The molecule has 37 heavy (non-hydrogen) atoms. The summed E-state index contributed by atoms with van der Waals surface area (Å²) in [5, 5.41) is 11.1. The van der Waals surface area contributed by atoms with E-state index in [9.17, 15) is 24.5 Å². The smallest absolute Gasteiger partial charge is 0.282 e. The van der Waals surface area contributed by atoms with Gasteiger partial charge in [0.2, 0.25) is 0 Å². The summed E-state index contributed by atoms with van der Waals surface area (Å²) >= 11 is 0. The van der Waals surface area contributed by atoms with E-state index in [1.165, 1.54) is 17.0 Å². The number of rotatable bonds is 3. The number of carbonyl (C=O) groups excluding carboxylic acids is 3. The first-order chi connectivity index (χ1) is 17.6. The highest BCUT2D eigenvalue weighted by Gasteiger charge is 2.34. The molecule has 194 valence electrons. The molecule has 2 fully saturated rings. The molecule has 3 aliphatic heterocycles. The lowest BCUT2D eigenvalue weighted by Crippen LogP contribution is -2.37. The second kappa shape index (κ2) is 10.6. The van der Waals surface area contributed by atoms with Crippen molar-refractivity contribution in [2.75, 3.05) is 26.7 Å². The number of hydrogen-bond acceptors (Lipinski definition) is 8. The predicted octanol–water partition coefficient (Wildman–Crippen LogP) is 3.03. The summed E-state index contributed by atoms with van der Waals surface area (Å²) < 4.78 is 10.4. The van der Waals surface area contributed by atoms with Gasteiger partial charge in [0.15, 0.2) is 0 Å². The Bertz CT molecular complexity index is 1310. The van der Waals surface area contributed by atoms with Gasteiger partial charge in [0, 0.05) is 12.3 Å². The van der Waals surface area contributed by atoms with Gasteiger partial charge in [0.1, 0.15) is 31.4 Å². The van der Waals surface area contributed by atoms with Gasteiger partial charge in [-0.3, -0.25) is 24.7 Å². The lowest BCUT2D eigenvalue weighted by Gasteiger charge is -2.18. The van der Waals surface area contributed by atoms with Crippen molar-refractivity contribution >= 4 is 35.7 Å². The summed E-state index contributed by atoms with van der Waals surface area (Å²) in [5.41, 5.74) is 4.97. The van der Waals surface area contributed by atoms with Gasteiger partial charge in [0.25, 0.3) is 17.5 Å². The number of nitrogens with zero attached hydrogens (tertiary/aromatic N) is 4. The summed E-state index contributed by atoms with van der Waals surface area (Å²) in [6.45, 7) is 8.54. The highest BCUT2D eigenvalue weighted by molar-refractivity contribution is 6.03. The first kappa shape index (κ1) is 26.1. The highest BCUT2D eigenvalue weighted by atomic mass is 16.6. The quantitative estimate of drug-likeness (QED) is 0.354. The Balaban J connectivity index is 0.000000175. The number of ether oxygens (including phenoxy) is 2. The van der Waals surface area contributed by atoms with E-state index in [1.54, 1.807) is 18.7 Å². The maximum absolute atomic E-state index is 12.4. The van der Waals surface area contributed by atoms with Crippen molar-refractivity contribution in [2.24, 2.45) is 4.99 Å². The predicted molar refractivity (Wildman–Crippen MR) is 134 cm³/mol. The zero-order valence-electron chi connectivity index (χ0n) is 21.1. The summed E-state index contributed by atoms with van der Waals surface area (Å²) in [5.74, 6) is -0.544. The third-order valence-corrected chi connectivity index (χ3v) is 6.78. The van der Waals surface area contributed by atoms with Crippen LogP contribution in [0.1, 0.15) is 43.0 Å². The number of aliphatic imine (C=N–C) groups is 1. The van der Waals surface area contributed by atoms with Crippen LogP contribution in [0.2, 0.25) is 0 Å². The SMILES string of the molecule is Cc1cc(C(=O)N2COC[C@H]2C=O)c([N+](=O)[O-])cc1C.Cc1cc2c(cc1C)C(=O)N1COC[C@H]1C=N2.